The average molecular weight is 369 g/mol. The molecule has 0 aliphatic heterocycles. The Morgan fingerprint density at radius 3 is 2.81 bits per heavy atom. The summed E-state index contributed by atoms with van der Waals surface area (Å²) in [5.74, 6) is -0.952. The van der Waals surface area contributed by atoms with Crippen LogP contribution in [0.2, 0.25) is 0 Å². The first-order valence-electron chi connectivity index (χ1n) is 9.57. The minimum Gasteiger partial charge on any atom is -0.493 e. The van der Waals surface area contributed by atoms with E-state index in [0.29, 0.717) is 5.69 Å². The number of nitrogens with zero attached hydrogens (tertiary/aromatic N) is 3. The topological polar surface area (TPSA) is 129 Å². The summed E-state index contributed by atoms with van der Waals surface area (Å²) in [6.07, 6.45) is 1.59. The number of rotatable bonds is 6. The number of carbonyl (C=O) groups is 2. The first-order chi connectivity index (χ1) is 14.2. The summed E-state index contributed by atoms with van der Waals surface area (Å²) in [7, 11) is 1.38. The Balaban J connectivity index is 1.99. The van der Waals surface area contributed by atoms with E-state index < -0.39 is 12.9 Å². The largest absolute Gasteiger partial charge is 0.493 e. The monoisotopic (exact) mass is 369 g/mol. The number of hydrogen-bond acceptors (Lipinski definition) is 7. The van der Waals surface area contributed by atoms with Crippen molar-refractivity contribution in [1.29, 1.82) is 5.26 Å². The zero-order valence-corrected chi connectivity index (χ0v) is 14.4. The van der Waals surface area contributed by atoms with Gasteiger partial charge in [-0.05, 0) is 25.0 Å². The molecule has 1 aliphatic carbocycles. The van der Waals surface area contributed by atoms with Crippen LogP contribution in [0.15, 0.2) is 24.3 Å². The SMILES string of the molecule is [2H]C([2H])([2H])NC(=O)c1nnc(NC(=O)C2CC2)cc1Nc1cccc(C#N)c1OC. The Hall–Kier alpha value is -3.67. The molecule has 2 aromatic rings. The molecule has 1 saturated carbocycles. The number of hydrogen-bond donors (Lipinski definition) is 3. The molecule has 1 aromatic heterocycles. The van der Waals surface area contributed by atoms with E-state index in [9.17, 15) is 14.9 Å². The van der Waals surface area contributed by atoms with Crippen LogP contribution in [0.1, 0.15) is 33.0 Å². The average Bonchev–Trinajstić information content (AvgIpc) is 3.52. The Morgan fingerprint density at radius 2 is 2.15 bits per heavy atom. The zero-order valence-electron chi connectivity index (χ0n) is 17.4. The van der Waals surface area contributed by atoms with Crippen LogP contribution in [0.5, 0.6) is 5.75 Å². The van der Waals surface area contributed by atoms with Crippen molar-refractivity contribution in [2.24, 2.45) is 5.92 Å². The van der Waals surface area contributed by atoms with Crippen molar-refractivity contribution < 1.29 is 18.4 Å². The van der Waals surface area contributed by atoms with Gasteiger partial charge in [0.25, 0.3) is 5.91 Å². The Bertz CT molecular complexity index is 1030. The molecule has 27 heavy (non-hydrogen) atoms. The molecule has 0 spiro atoms. The Kier molecular flexibility index (Phi) is 4.13. The van der Waals surface area contributed by atoms with Gasteiger partial charge >= 0.3 is 0 Å². The smallest absolute Gasteiger partial charge is 0.273 e. The van der Waals surface area contributed by atoms with Crippen LogP contribution in [-0.4, -0.2) is 36.1 Å². The predicted molar refractivity (Wildman–Crippen MR) is 97.8 cm³/mol. The van der Waals surface area contributed by atoms with Crippen molar-refractivity contribution >= 4 is 29.0 Å². The van der Waals surface area contributed by atoms with Gasteiger partial charge in [-0.3, -0.25) is 9.59 Å². The highest BCUT2D eigenvalue weighted by atomic mass is 16.5. The molecule has 1 aliphatic rings. The lowest BCUT2D eigenvalue weighted by atomic mass is 10.1. The summed E-state index contributed by atoms with van der Waals surface area (Å²) >= 11 is 0. The second-order valence-electron chi connectivity index (χ2n) is 5.83. The molecular weight excluding hydrogens is 348 g/mol. The van der Waals surface area contributed by atoms with Crippen LogP contribution in [0.4, 0.5) is 17.2 Å². The van der Waals surface area contributed by atoms with Crippen molar-refractivity contribution in [2.75, 3.05) is 24.7 Å². The van der Waals surface area contributed by atoms with Gasteiger partial charge in [-0.1, -0.05) is 6.07 Å². The van der Waals surface area contributed by atoms with E-state index in [-0.39, 0.29) is 40.3 Å². The number of ether oxygens (including phenoxy) is 1. The van der Waals surface area contributed by atoms with E-state index in [2.05, 4.69) is 20.8 Å². The molecule has 9 heteroatoms. The van der Waals surface area contributed by atoms with Crippen molar-refractivity contribution in [3.63, 3.8) is 0 Å². The summed E-state index contributed by atoms with van der Waals surface area (Å²) in [4.78, 5) is 24.4. The molecule has 1 heterocycles. The summed E-state index contributed by atoms with van der Waals surface area (Å²) in [5.41, 5.74) is 0.360. The number of anilines is 3. The molecule has 0 bridgehead atoms. The van der Waals surface area contributed by atoms with E-state index >= 15 is 0 Å². The lowest BCUT2D eigenvalue weighted by molar-refractivity contribution is -0.117. The van der Waals surface area contributed by atoms with E-state index in [1.165, 1.54) is 13.2 Å². The second-order valence-corrected chi connectivity index (χ2v) is 5.83. The molecule has 0 atom stereocenters. The number of nitrogens with one attached hydrogen (secondary N) is 3. The number of benzene rings is 1. The normalized spacial score (nSPS) is 14.7. The molecule has 0 saturated heterocycles. The van der Waals surface area contributed by atoms with Crippen LogP contribution in [-0.2, 0) is 4.79 Å². The van der Waals surface area contributed by atoms with Crippen LogP contribution >= 0.6 is 0 Å². The summed E-state index contributed by atoms with van der Waals surface area (Å²) < 4.78 is 27.0. The highest BCUT2D eigenvalue weighted by molar-refractivity contribution is 5.99. The van der Waals surface area contributed by atoms with Gasteiger partial charge in [0.15, 0.2) is 17.3 Å². The van der Waals surface area contributed by atoms with E-state index in [1.54, 1.807) is 18.2 Å². The molecular formula is C18H18N6O3. The van der Waals surface area contributed by atoms with Gasteiger partial charge in [0.2, 0.25) is 5.91 Å². The van der Waals surface area contributed by atoms with Crippen molar-refractivity contribution in [2.45, 2.75) is 12.8 Å². The van der Waals surface area contributed by atoms with Crippen molar-refractivity contribution in [3.8, 4) is 11.8 Å². The highest BCUT2D eigenvalue weighted by Gasteiger charge is 2.30. The first kappa shape index (κ1) is 14.5. The van der Waals surface area contributed by atoms with Crippen LogP contribution < -0.4 is 20.7 Å². The van der Waals surface area contributed by atoms with E-state index in [4.69, 9.17) is 8.85 Å². The maximum Gasteiger partial charge on any atom is 0.273 e. The minimum absolute atomic E-state index is 0.0749. The van der Waals surface area contributed by atoms with Gasteiger partial charge in [-0.2, -0.15) is 5.26 Å². The standard InChI is InChI=1S/C18H18N6O3/c1-20-18(26)15-13(8-14(23-24-15)22-17(25)10-6-7-10)21-12-5-3-4-11(9-19)16(12)27-2/h3-5,8,10H,6-7H2,1-2H3,(H,20,26)(H2,21,22,23,25)/i1D3. The third kappa shape index (κ3) is 3.95. The number of para-hydroxylation sites is 1. The number of nitriles is 1. The predicted octanol–water partition coefficient (Wildman–Crippen LogP) is 1.81. The van der Waals surface area contributed by atoms with Crippen LogP contribution in [0.25, 0.3) is 0 Å². The zero-order chi connectivity index (χ0) is 21.9. The van der Waals surface area contributed by atoms with Gasteiger partial charge < -0.3 is 20.7 Å². The fraction of sp³-hybridized carbons (Fsp3) is 0.278. The fourth-order valence-corrected chi connectivity index (χ4v) is 2.44. The quantitative estimate of drug-likeness (QED) is 0.708. The Morgan fingerprint density at radius 1 is 1.33 bits per heavy atom. The molecule has 2 amide bonds. The molecule has 9 nitrogen and oxygen atoms in total. The van der Waals surface area contributed by atoms with Gasteiger partial charge in [0, 0.05) is 23.1 Å². The first-order valence-corrected chi connectivity index (χ1v) is 8.07. The molecule has 138 valence electrons. The summed E-state index contributed by atoms with van der Waals surface area (Å²) in [6, 6.07) is 8.12. The fourth-order valence-electron chi connectivity index (χ4n) is 2.44. The lowest BCUT2D eigenvalue weighted by Gasteiger charge is -2.15. The minimum atomic E-state index is -2.73. The highest BCUT2D eigenvalue weighted by Crippen LogP contribution is 2.33. The van der Waals surface area contributed by atoms with E-state index in [0.717, 1.165) is 12.8 Å². The lowest BCUT2D eigenvalue weighted by Crippen LogP contribution is -2.22. The number of methoxy groups -OCH3 is 1. The molecule has 0 unspecified atom stereocenters. The summed E-state index contributed by atoms with van der Waals surface area (Å²) in [6.45, 7) is -2.73. The van der Waals surface area contributed by atoms with Crippen molar-refractivity contribution in [3.05, 3.63) is 35.5 Å². The van der Waals surface area contributed by atoms with Crippen LogP contribution in [0.3, 0.4) is 0 Å². The second kappa shape index (κ2) is 7.70. The van der Waals surface area contributed by atoms with Gasteiger partial charge in [-0.25, -0.2) is 0 Å². The maximum absolute atomic E-state index is 12.4. The van der Waals surface area contributed by atoms with Gasteiger partial charge in [0.05, 0.1) is 24.0 Å². The molecule has 1 fully saturated rings. The molecule has 1 aromatic carbocycles. The van der Waals surface area contributed by atoms with Gasteiger partial charge in [-0.15, -0.1) is 10.2 Å². The summed E-state index contributed by atoms with van der Waals surface area (Å²) in [5, 5.41) is 24.2. The third-order valence-corrected chi connectivity index (χ3v) is 3.93. The number of aromatic nitrogens is 2. The molecule has 3 N–H and O–H groups in total. The Labute approximate surface area is 160 Å². The van der Waals surface area contributed by atoms with Gasteiger partial charge in [0.1, 0.15) is 6.07 Å². The maximum atomic E-state index is 12.4. The van der Waals surface area contributed by atoms with E-state index in [1.807, 2.05) is 11.4 Å². The van der Waals surface area contributed by atoms with Crippen molar-refractivity contribution in [1.82, 2.24) is 15.5 Å². The van der Waals surface area contributed by atoms with Crippen LogP contribution in [0, 0.1) is 17.2 Å². The number of amides is 2. The number of carbonyl (C=O) groups excluding carboxylic acids is 2. The third-order valence-electron chi connectivity index (χ3n) is 3.93. The molecule has 3 rings (SSSR count). The molecule has 0 radical (unpaired) electrons.